The molecule has 5 nitrogen and oxygen atoms in total. The second kappa shape index (κ2) is 7.94. The van der Waals surface area contributed by atoms with Crippen LogP contribution >= 0.6 is 0 Å². The average molecular weight is 304 g/mol. The van der Waals surface area contributed by atoms with Gasteiger partial charge in [-0.05, 0) is 50.0 Å². The van der Waals surface area contributed by atoms with E-state index in [1.54, 1.807) is 24.3 Å². The monoisotopic (exact) mass is 304 g/mol. The first-order chi connectivity index (χ1) is 10.6. The number of likely N-dealkylation sites (tertiary alicyclic amines) is 1. The Morgan fingerprint density at radius 1 is 1.27 bits per heavy atom. The number of aromatic carboxylic acids is 1. The number of nitrogens with zero attached hydrogens (tertiary/aromatic N) is 1. The number of hydrogen-bond acceptors (Lipinski definition) is 3. The Labute approximate surface area is 131 Å². The fraction of sp³-hybridized carbons (Fsp3) is 0.529. The van der Waals surface area contributed by atoms with Crippen LogP contribution in [-0.2, 0) is 11.3 Å². The third-order valence-corrected chi connectivity index (χ3v) is 4.09. The Morgan fingerprint density at radius 2 is 2.00 bits per heavy atom. The molecule has 0 radical (unpaired) electrons. The molecule has 0 saturated carbocycles. The van der Waals surface area contributed by atoms with Crippen molar-refractivity contribution in [2.75, 3.05) is 13.1 Å². The van der Waals surface area contributed by atoms with Crippen LogP contribution in [0.15, 0.2) is 24.3 Å². The van der Waals surface area contributed by atoms with Crippen molar-refractivity contribution in [2.45, 2.75) is 45.2 Å². The summed E-state index contributed by atoms with van der Waals surface area (Å²) < 4.78 is 0. The maximum Gasteiger partial charge on any atom is 0.335 e. The number of carboxylic acids is 1. The molecule has 1 heterocycles. The minimum Gasteiger partial charge on any atom is -0.478 e. The summed E-state index contributed by atoms with van der Waals surface area (Å²) in [4.78, 5) is 25.5. The normalized spacial score (nSPS) is 18.9. The topological polar surface area (TPSA) is 69.6 Å². The van der Waals surface area contributed by atoms with E-state index in [1.807, 2.05) is 0 Å². The molecule has 5 heteroatoms. The van der Waals surface area contributed by atoms with Crippen molar-refractivity contribution < 1.29 is 14.7 Å². The zero-order valence-corrected chi connectivity index (χ0v) is 13.0. The van der Waals surface area contributed by atoms with Gasteiger partial charge in [0.05, 0.1) is 11.6 Å². The van der Waals surface area contributed by atoms with Crippen LogP contribution in [-0.4, -0.2) is 41.0 Å². The molecule has 120 valence electrons. The van der Waals surface area contributed by atoms with E-state index in [-0.39, 0.29) is 17.5 Å². The third kappa shape index (κ3) is 4.31. The molecular weight excluding hydrogens is 280 g/mol. The van der Waals surface area contributed by atoms with Gasteiger partial charge in [-0.1, -0.05) is 25.5 Å². The SMILES string of the molecule is CCCN1CCCC[C@H]1C(=O)NCc1ccc(C(=O)O)cc1. The van der Waals surface area contributed by atoms with Gasteiger partial charge in [0.25, 0.3) is 0 Å². The van der Waals surface area contributed by atoms with Crippen LogP contribution in [0.1, 0.15) is 48.5 Å². The van der Waals surface area contributed by atoms with Crippen molar-refractivity contribution in [1.29, 1.82) is 0 Å². The van der Waals surface area contributed by atoms with E-state index in [0.29, 0.717) is 6.54 Å². The number of carbonyl (C=O) groups is 2. The molecule has 1 aliphatic rings. The molecule has 22 heavy (non-hydrogen) atoms. The Morgan fingerprint density at radius 3 is 2.64 bits per heavy atom. The summed E-state index contributed by atoms with van der Waals surface area (Å²) in [6, 6.07) is 6.59. The molecule has 0 aliphatic carbocycles. The fourth-order valence-electron chi connectivity index (χ4n) is 2.91. The molecule has 1 aromatic carbocycles. The Bertz CT molecular complexity index is 511. The summed E-state index contributed by atoms with van der Waals surface area (Å²) in [7, 11) is 0. The van der Waals surface area contributed by atoms with Gasteiger partial charge in [-0.25, -0.2) is 4.79 Å². The van der Waals surface area contributed by atoms with Crippen LogP contribution in [0.2, 0.25) is 0 Å². The number of rotatable bonds is 6. The van der Waals surface area contributed by atoms with Gasteiger partial charge in [-0.15, -0.1) is 0 Å². The first-order valence-electron chi connectivity index (χ1n) is 7.96. The average Bonchev–Trinajstić information content (AvgIpc) is 2.54. The van der Waals surface area contributed by atoms with Crippen molar-refractivity contribution in [3.63, 3.8) is 0 Å². The molecule has 1 saturated heterocycles. The summed E-state index contributed by atoms with van der Waals surface area (Å²) in [5.41, 5.74) is 1.17. The summed E-state index contributed by atoms with van der Waals surface area (Å²) in [5, 5.41) is 11.8. The van der Waals surface area contributed by atoms with Crippen LogP contribution in [0.5, 0.6) is 0 Å². The number of benzene rings is 1. The van der Waals surface area contributed by atoms with Crippen molar-refractivity contribution in [1.82, 2.24) is 10.2 Å². The molecule has 0 aromatic heterocycles. The predicted octanol–water partition coefficient (Wildman–Crippen LogP) is 2.27. The number of nitrogens with one attached hydrogen (secondary N) is 1. The summed E-state index contributed by atoms with van der Waals surface area (Å²) >= 11 is 0. The maximum atomic E-state index is 12.4. The van der Waals surface area contributed by atoms with E-state index in [9.17, 15) is 9.59 Å². The molecule has 2 rings (SSSR count). The largest absolute Gasteiger partial charge is 0.478 e. The molecule has 1 aromatic rings. The lowest BCUT2D eigenvalue weighted by atomic mass is 10.0. The zero-order valence-electron chi connectivity index (χ0n) is 13.0. The van der Waals surface area contributed by atoms with Gasteiger partial charge in [0.15, 0.2) is 0 Å². The fourth-order valence-corrected chi connectivity index (χ4v) is 2.91. The van der Waals surface area contributed by atoms with Crippen LogP contribution < -0.4 is 5.32 Å². The van der Waals surface area contributed by atoms with E-state index in [4.69, 9.17) is 5.11 Å². The molecule has 0 bridgehead atoms. The lowest BCUT2D eigenvalue weighted by molar-refractivity contribution is -0.127. The number of amides is 1. The molecule has 1 aliphatic heterocycles. The highest BCUT2D eigenvalue weighted by Gasteiger charge is 2.27. The van der Waals surface area contributed by atoms with Crippen LogP contribution in [0.25, 0.3) is 0 Å². The van der Waals surface area contributed by atoms with E-state index < -0.39 is 5.97 Å². The second-order valence-corrected chi connectivity index (χ2v) is 5.77. The predicted molar refractivity (Wildman–Crippen MR) is 84.8 cm³/mol. The van der Waals surface area contributed by atoms with Gasteiger partial charge in [0.1, 0.15) is 0 Å². The summed E-state index contributed by atoms with van der Waals surface area (Å²) in [5.74, 6) is -0.858. The van der Waals surface area contributed by atoms with Crippen molar-refractivity contribution in [2.24, 2.45) is 0 Å². The lowest BCUT2D eigenvalue weighted by Gasteiger charge is -2.34. The Balaban J connectivity index is 1.89. The van der Waals surface area contributed by atoms with Crippen LogP contribution in [0.4, 0.5) is 0 Å². The lowest BCUT2D eigenvalue weighted by Crippen LogP contribution is -2.49. The molecule has 1 atom stereocenters. The molecular formula is C17H24N2O3. The number of carbonyl (C=O) groups excluding carboxylic acids is 1. The minimum absolute atomic E-state index is 0.0213. The first kappa shape index (κ1) is 16.5. The van der Waals surface area contributed by atoms with Crippen molar-refractivity contribution in [3.05, 3.63) is 35.4 Å². The first-order valence-corrected chi connectivity index (χ1v) is 7.96. The maximum absolute atomic E-state index is 12.4. The highest BCUT2D eigenvalue weighted by molar-refractivity contribution is 5.87. The van der Waals surface area contributed by atoms with Gasteiger partial charge in [0, 0.05) is 6.54 Å². The quantitative estimate of drug-likeness (QED) is 0.846. The summed E-state index contributed by atoms with van der Waals surface area (Å²) in [6.45, 7) is 4.54. The number of carboxylic acid groups (broad SMARTS) is 1. The zero-order chi connectivity index (χ0) is 15.9. The standard InChI is InChI=1S/C17H24N2O3/c1-2-10-19-11-4-3-5-15(19)16(20)18-12-13-6-8-14(9-7-13)17(21)22/h6-9,15H,2-5,10-12H2,1H3,(H,18,20)(H,21,22)/t15-/m0/s1. The van der Waals surface area contributed by atoms with E-state index >= 15 is 0 Å². The number of hydrogen-bond donors (Lipinski definition) is 2. The molecule has 0 spiro atoms. The Kier molecular flexibility index (Phi) is 5.95. The van der Waals surface area contributed by atoms with E-state index in [0.717, 1.165) is 37.9 Å². The summed E-state index contributed by atoms with van der Waals surface area (Å²) in [6.07, 6.45) is 4.25. The molecule has 0 unspecified atom stereocenters. The second-order valence-electron chi connectivity index (χ2n) is 5.77. The molecule has 2 N–H and O–H groups in total. The number of piperidine rings is 1. The molecule has 1 fully saturated rings. The van der Waals surface area contributed by atoms with Crippen molar-refractivity contribution in [3.8, 4) is 0 Å². The van der Waals surface area contributed by atoms with Gasteiger partial charge in [-0.2, -0.15) is 0 Å². The van der Waals surface area contributed by atoms with Crippen LogP contribution in [0, 0.1) is 0 Å². The van der Waals surface area contributed by atoms with Gasteiger partial charge in [-0.3, -0.25) is 9.69 Å². The third-order valence-electron chi connectivity index (χ3n) is 4.09. The Hall–Kier alpha value is -1.88. The van der Waals surface area contributed by atoms with Gasteiger partial charge in [0.2, 0.25) is 5.91 Å². The van der Waals surface area contributed by atoms with Crippen molar-refractivity contribution >= 4 is 11.9 Å². The van der Waals surface area contributed by atoms with Gasteiger partial charge < -0.3 is 10.4 Å². The van der Waals surface area contributed by atoms with E-state index in [1.165, 1.54) is 6.42 Å². The smallest absolute Gasteiger partial charge is 0.335 e. The van der Waals surface area contributed by atoms with E-state index in [2.05, 4.69) is 17.1 Å². The highest BCUT2D eigenvalue weighted by Crippen LogP contribution is 2.17. The van der Waals surface area contributed by atoms with Crippen LogP contribution in [0.3, 0.4) is 0 Å². The van der Waals surface area contributed by atoms with Gasteiger partial charge >= 0.3 is 5.97 Å². The highest BCUT2D eigenvalue weighted by atomic mass is 16.4. The molecule has 1 amide bonds. The minimum atomic E-state index is -0.937.